The molecule has 170 valence electrons. The lowest BCUT2D eigenvalue weighted by Crippen LogP contribution is -2.54. The van der Waals surface area contributed by atoms with Crippen LogP contribution < -0.4 is 10.1 Å². The van der Waals surface area contributed by atoms with Gasteiger partial charge in [-0.15, -0.1) is 0 Å². The van der Waals surface area contributed by atoms with Crippen molar-refractivity contribution in [1.82, 2.24) is 14.5 Å². The van der Waals surface area contributed by atoms with Crippen molar-refractivity contribution >= 4 is 16.0 Å². The SMILES string of the molecule is CCNC(=NCCc1ccccc1OC)N1CCN(S(=O)(=O)CCOC(C)C)CC1. The second-order valence-corrected chi connectivity index (χ2v) is 9.51. The van der Waals surface area contributed by atoms with Gasteiger partial charge in [0, 0.05) is 39.3 Å². The fourth-order valence-corrected chi connectivity index (χ4v) is 4.60. The largest absolute Gasteiger partial charge is 0.496 e. The minimum atomic E-state index is -3.29. The molecule has 0 bridgehead atoms. The average molecular weight is 441 g/mol. The molecule has 9 heteroatoms. The van der Waals surface area contributed by atoms with Gasteiger partial charge in [0.2, 0.25) is 10.0 Å². The highest BCUT2D eigenvalue weighted by molar-refractivity contribution is 7.89. The summed E-state index contributed by atoms with van der Waals surface area (Å²) in [7, 11) is -1.62. The Hall–Kier alpha value is -1.84. The van der Waals surface area contributed by atoms with E-state index >= 15 is 0 Å². The van der Waals surface area contributed by atoms with Gasteiger partial charge in [-0.05, 0) is 38.8 Å². The summed E-state index contributed by atoms with van der Waals surface area (Å²) in [5.74, 6) is 1.73. The van der Waals surface area contributed by atoms with Crippen molar-refractivity contribution < 1.29 is 17.9 Å². The van der Waals surface area contributed by atoms with Gasteiger partial charge in [0.1, 0.15) is 5.75 Å². The fraction of sp³-hybridized carbons (Fsp3) is 0.667. The molecule has 1 aliphatic rings. The second-order valence-electron chi connectivity index (χ2n) is 7.42. The third-order valence-corrected chi connectivity index (χ3v) is 6.73. The van der Waals surface area contributed by atoms with Crippen LogP contribution in [-0.2, 0) is 21.2 Å². The predicted octanol–water partition coefficient (Wildman–Crippen LogP) is 1.58. The first-order valence-electron chi connectivity index (χ1n) is 10.6. The summed E-state index contributed by atoms with van der Waals surface area (Å²) in [5, 5.41) is 3.32. The zero-order chi connectivity index (χ0) is 22.0. The van der Waals surface area contributed by atoms with Gasteiger partial charge >= 0.3 is 0 Å². The predicted molar refractivity (Wildman–Crippen MR) is 121 cm³/mol. The molecule has 8 nitrogen and oxygen atoms in total. The number of ether oxygens (including phenoxy) is 2. The lowest BCUT2D eigenvalue weighted by molar-refractivity contribution is 0.0904. The highest BCUT2D eigenvalue weighted by Crippen LogP contribution is 2.17. The van der Waals surface area contributed by atoms with Crippen LogP contribution in [0.2, 0.25) is 0 Å². The Morgan fingerprint density at radius 2 is 1.90 bits per heavy atom. The molecule has 0 unspecified atom stereocenters. The van der Waals surface area contributed by atoms with Crippen LogP contribution in [0.1, 0.15) is 26.3 Å². The average Bonchev–Trinajstić information content (AvgIpc) is 2.73. The maximum absolute atomic E-state index is 12.5. The van der Waals surface area contributed by atoms with E-state index in [-0.39, 0.29) is 18.5 Å². The number of nitrogens with one attached hydrogen (secondary N) is 1. The van der Waals surface area contributed by atoms with E-state index in [1.54, 1.807) is 11.4 Å². The van der Waals surface area contributed by atoms with Gasteiger partial charge in [-0.25, -0.2) is 8.42 Å². The quantitative estimate of drug-likeness (QED) is 0.439. The topological polar surface area (TPSA) is 83.5 Å². The van der Waals surface area contributed by atoms with Gasteiger partial charge in [0.15, 0.2) is 5.96 Å². The van der Waals surface area contributed by atoms with E-state index in [1.807, 2.05) is 45.0 Å². The highest BCUT2D eigenvalue weighted by atomic mass is 32.2. The number of para-hydroxylation sites is 1. The fourth-order valence-electron chi connectivity index (χ4n) is 3.31. The molecule has 0 atom stereocenters. The molecule has 0 aromatic heterocycles. The maximum atomic E-state index is 12.5. The summed E-state index contributed by atoms with van der Waals surface area (Å²) in [6.07, 6.45) is 0.815. The minimum Gasteiger partial charge on any atom is -0.496 e. The van der Waals surface area contributed by atoms with Crippen LogP contribution in [-0.4, -0.2) is 88.4 Å². The van der Waals surface area contributed by atoms with Gasteiger partial charge in [-0.1, -0.05) is 18.2 Å². The summed E-state index contributed by atoms with van der Waals surface area (Å²) in [5.41, 5.74) is 1.12. The summed E-state index contributed by atoms with van der Waals surface area (Å²) in [6.45, 7) is 9.61. The van der Waals surface area contributed by atoms with Crippen molar-refractivity contribution in [2.45, 2.75) is 33.3 Å². The highest BCUT2D eigenvalue weighted by Gasteiger charge is 2.28. The van der Waals surface area contributed by atoms with Crippen molar-refractivity contribution in [3.8, 4) is 5.75 Å². The summed E-state index contributed by atoms with van der Waals surface area (Å²) < 4.78 is 37.4. The molecule has 0 radical (unpaired) electrons. The van der Waals surface area contributed by atoms with Crippen LogP contribution in [0.3, 0.4) is 0 Å². The van der Waals surface area contributed by atoms with Gasteiger partial charge in [-0.3, -0.25) is 4.99 Å². The molecule has 0 saturated carbocycles. The van der Waals surface area contributed by atoms with E-state index in [0.717, 1.165) is 30.2 Å². The molecule has 1 aliphatic heterocycles. The van der Waals surface area contributed by atoms with Crippen LogP contribution in [0.5, 0.6) is 5.75 Å². The van der Waals surface area contributed by atoms with Gasteiger partial charge in [0.25, 0.3) is 0 Å². The first-order chi connectivity index (χ1) is 14.4. The first kappa shape index (κ1) is 24.4. The third kappa shape index (κ3) is 7.45. The molecule has 30 heavy (non-hydrogen) atoms. The van der Waals surface area contributed by atoms with Crippen LogP contribution in [0.15, 0.2) is 29.3 Å². The molecule has 2 rings (SSSR count). The minimum absolute atomic E-state index is 0.0260. The number of guanidine groups is 1. The number of hydrogen-bond acceptors (Lipinski definition) is 5. The number of hydrogen-bond donors (Lipinski definition) is 1. The monoisotopic (exact) mass is 440 g/mol. The summed E-state index contributed by atoms with van der Waals surface area (Å²) >= 11 is 0. The molecular formula is C21H36N4O4S. The van der Waals surface area contributed by atoms with E-state index in [2.05, 4.69) is 10.2 Å². The Balaban J connectivity index is 1.91. The molecule has 0 amide bonds. The lowest BCUT2D eigenvalue weighted by Gasteiger charge is -2.36. The first-order valence-corrected chi connectivity index (χ1v) is 12.2. The number of benzene rings is 1. The van der Waals surface area contributed by atoms with Crippen molar-refractivity contribution in [3.05, 3.63) is 29.8 Å². The Morgan fingerprint density at radius 1 is 1.20 bits per heavy atom. The zero-order valence-electron chi connectivity index (χ0n) is 18.6. The number of sulfonamides is 1. The van der Waals surface area contributed by atoms with E-state index in [9.17, 15) is 8.42 Å². The standard InChI is InChI=1S/C21H36N4O4S/c1-5-22-21(23-11-10-19-8-6-7-9-20(19)28-4)24-12-14-25(15-13-24)30(26,27)17-16-29-18(2)3/h6-9,18H,5,10-17H2,1-4H3,(H,22,23). The maximum Gasteiger partial charge on any atom is 0.216 e. The van der Waals surface area contributed by atoms with Gasteiger partial charge in [0.05, 0.1) is 25.6 Å². The number of rotatable bonds is 10. The Labute approximate surface area is 181 Å². The Kier molecular flexibility index (Phi) is 9.87. The van der Waals surface area contributed by atoms with E-state index in [4.69, 9.17) is 14.5 Å². The molecule has 1 aromatic rings. The van der Waals surface area contributed by atoms with Crippen molar-refractivity contribution in [3.63, 3.8) is 0 Å². The Bertz CT molecular complexity index is 775. The molecule has 1 saturated heterocycles. The third-order valence-electron chi connectivity index (χ3n) is 4.89. The molecule has 1 heterocycles. The number of aliphatic imine (C=N–C) groups is 1. The Morgan fingerprint density at radius 3 is 2.53 bits per heavy atom. The van der Waals surface area contributed by atoms with Crippen molar-refractivity contribution in [2.75, 3.05) is 58.7 Å². The van der Waals surface area contributed by atoms with E-state index in [1.165, 1.54) is 0 Å². The number of methoxy groups -OCH3 is 1. The van der Waals surface area contributed by atoms with Crippen LogP contribution in [0.4, 0.5) is 0 Å². The second kappa shape index (κ2) is 12.1. The number of nitrogens with zero attached hydrogens (tertiary/aromatic N) is 3. The lowest BCUT2D eigenvalue weighted by atomic mass is 10.1. The summed E-state index contributed by atoms with van der Waals surface area (Å²) in [4.78, 5) is 6.88. The van der Waals surface area contributed by atoms with Gasteiger partial charge in [-0.2, -0.15) is 4.31 Å². The van der Waals surface area contributed by atoms with Crippen LogP contribution in [0, 0.1) is 0 Å². The molecule has 1 N–H and O–H groups in total. The number of piperazine rings is 1. The van der Waals surface area contributed by atoms with Crippen molar-refractivity contribution in [1.29, 1.82) is 0 Å². The van der Waals surface area contributed by atoms with Crippen LogP contribution in [0.25, 0.3) is 0 Å². The normalized spacial score (nSPS) is 16.2. The zero-order valence-corrected chi connectivity index (χ0v) is 19.5. The van der Waals surface area contributed by atoms with Crippen LogP contribution >= 0.6 is 0 Å². The molecule has 0 aliphatic carbocycles. The van der Waals surface area contributed by atoms with E-state index < -0.39 is 10.0 Å². The molecular weight excluding hydrogens is 404 g/mol. The van der Waals surface area contributed by atoms with E-state index in [0.29, 0.717) is 32.7 Å². The molecule has 1 fully saturated rings. The van der Waals surface area contributed by atoms with Crippen molar-refractivity contribution in [2.24, 2.45) is 4.99 Å². The molecule has 0 spiro atoms. The summed E-state index contributed by atoms with van der Waals surface area (Å²) in [6, 6.07) is 7.96. The molecule has 1 aromatic carbocycles. The van der Waals surface area contributed by atoms with Gasteiger partial charge < -0.3 is 19.7 Å². The smallest absolute Gasteiger partial charge is 0.216 e.